The number of hydrogen-bond acceptors (Lipinski definition) is 6. The van der Waals surface area contributed by atoms with Crippen LogP contribution in [0.25, 0.3) is 0 Å². The van der Waals surface area contributed by atoms with Crippen LogP contribution in [-0.4, -0.2) is 32.3 Å². The molecule has 0 spiro atoms. The summed E-state index contributed by atoms with van der Waals surface area (Å²) >= 11 is 0. The van der Waals surface area contributed by atoms with Crippen molar-refractivity contribution in [1.82, 2.24) is 0 Å². The second-order valence-electron chi connectivity index (χ2n) is 5.28. The summed E-state index contributed by atoms with van der Waals surface area (Å²) in [6.45, 7) is 8.72. The van der Waals surface area contributed by atoms with Crippen molar-refractivity contribution in [3.05, 3.63) is 0 Å². The van der Waals surface area contributed by atoms with Crippen LogP contribution < -0.4 is 0 Å². The Bertz CT molecular complexity index is 349. The van der Waals surface area contributed by atoms with Crippen molar-refractivity contribution in [2.24, 2.45) is 0 Å². The summed E-state index contributed by atoms with van der Waals surface area (Å²) in [5.41, 5.74) is 0. The van der Waals surface area contributed by atoms with Crippen LogP contribution in [0.2, 0.25) is 0 Å². The molecule has 0 aliphatic rings. The average molecular weight is 372 g/mol. The number of hydrogen-bond donors (Lipinski definition) is 0. The molecule has 140 valence electrons. The molecule has 0 radical (unpaired) electrons. The van der Waals surface area contributed by atoms with Crippen LogP contribution in [0, 0.1) is 0 Å². The summed E-state index contributed by atoms with van der Waals surface area (Å²) in [5.74, 6) is -0.320. The van der Waals surface area contributed by atoms with Crippen LogP contribution in [0.4, 0.5) is 0 Å². The molecule has 6 nitrogen and oxygen atoms in total. The Kier molecular flexibility index (Phi) is 13.8. The van der Waals surface area contributed by atoms with E-state index in [1.807, 2.05) is 0 Å². The average Bonchev–Trinajstić information content (AvgIpc) is 2.48. The van der Waals surface area contributed by atoms with Crippen LogP contribution in [-0.2, 0) is 27.2 Å². The molecule has 0 amide bonds. The minimum absolute atomic E-state index is 0.225. The van der Waals surface area contributed by atoms with Crippen molar-refractivity contribution in [2.45, 2.75) is 66.2 Å². The van der Waals surface area contributed by atoms with E-state index in [9.17, 15) is 9.13 Å². The van der Waals surface area contributed by atoms with E-state index in [2.05, 4.69) is 13.8 Å². The van der Waals surface area contributed by atoms with E-state index in [1.165, 1.54) is 0 Å². The summed E-state index contributed by atoms with van der Waals surface area (Å²) in [4.78, 5) is 0. The van der Waals surface area contributed by atoms with E-state index in [4.69, 9.17) is 18.1 Å². The Labute approximate surface area is 141 Å². The third-order valence-corrected chi connectivity index (χ3v) is 8.30. The fourth-order valence-corrected chi connectivity index (χ4v) is 6.71. The summed E-state index contributed by atoms with van der Waals surface area (Å²) in [6.07, 6.45) is 5.66. The van der Waals surface area contributed by atoms with Gasteiger partial charge in [-0.1, -0.05) is 39.5 Å². The Morgan fingerprint density at radius 2 is 1.00 bits per heavy atom. The summed E-state index contributed by atoms with van der Waals surface area (Å²) in [6, 6.07) is 0. The van der Waals surface area contributed by atoms with Gasteiger partial charge in [0, 0.05) is 0 Å². The predicted molar refractivity (Wildman–Crippen MR) is 94.3 cm³/mol. The first kappa shape index (κ1) is 23.3. The van der Waals surface area contributed by atoms with Gasteiger partial charge in [-0.3, -0.25) is 9.13 Å². The lowest BCUT2D eigenvalue weighted by atomic mass is 10.3. The predicted octanol–water partition coefficient (Wildman–Crippen LogP) is 5.82. The largest absolute Gasteiger partial charge is 0.342 e. The lowest BCUT2D eigenvalue weighted by Crippen LogP contribution is -2.07. The molecule has 0 N–H and O–H groups in total. The number of rotatable bonds is 16. The smallest absolute Gasteiger partial charge is 0.308 e. The molecule has 0 aliphatic carbocycles. The highest BCUT2D eigenvalue weighted by Gasteiger charge is 2.38. The van der Waals surface area contributed by atoms with Crippen molar-refractivity contribution in [3.63, 3.8) is 0 Å². The van der Waals surface area contributed by atoms with Crippen LogP contribution >= 0.6 is 15.2 Å². The van der Waals surface area contributed by atoms with Gasteiger partial charge < -0.3 is 18.1 Å². The SMILES string of the molecule is CCCCCOP(=O)(CP(=O)(OCC)OCC)OCCCCC. The molecule has 0 aliphatic heterocycles. The first-order chi connectivity index (χ1) is 10.9. The zero-order chi connectivity index (χ0) is 17.6. The Hall–Kier alpha value is 0.300. The van der Waals surface area contributed by atoms with Gasteiger partial charge >= 0.3 is 15.2 Å². The lowest BCUT2D eigenvalue weighted by molar-refractivity contribution is 0.192. The van der Waals surface area contributed by atoms with Crippen molar-refractivity contribution in [3.8, 4) is 0 Å². The van der Waals surface area contributed by atoms with Crippen LogP contribution in [0.5, 0.6) is 0 Å². The van der Waals surface area contributed by atoms with Crippen molar-refractivity contribution >= 4 is 15.2 Å². The molecule has 0 saturated heterocycles. The lowest BCUT2D eigenvalue weighted by Gasteiger charge is -2.23. The van der Waals surface area contributed by atoms with Gasteiger partial charge in [0.1, 0.15) is 0 Å². The maximum Gasteiger partial charge on any atom is 0.342 e. The number of unbranched alkanes of at least 4 members (excludes halogenated alkanes) is 4. The third kappa shape index (κ3) is 11.5. The highest BCUT2D eigenvalue weighted by molar-refractivity contribution is 7.71. The van der Waals surface area contributed by atoms with Gasteiger partial charge in [0.2, 0.25) is 0 Å². The third-order valence-electron chi connectivity index (χ3n) is 3.07. The monoisotopic (exact) mass is 372 g/mol. The molecule has 0 rings (SSSR count). The van der Waals surface area contributed by atoms with E-state index in [0.29, 0.717) is 13.2 Å². The summed E-state index contributed by atoms with van der Waals surface area (Å²) in [5, 5.41) is 0. The van der Waals surface area contributed by atoms with E-state index in [0.717, 1.165) is 38.5 Å². The maximum atomic E-state index is 12.9. The standard InChI is InChI=1S/C15H34O6P2/c1-5-9-11-13-20-23(17,21-14-12-10-6-2)15-22(16,18-7-3)19-8-4/h5-15H2,1-4H3. The molecule has 0 fully saturated rings. The fraction of sp³-hybridized carbons (Fsp3) is 1.00. The molecule has 8 heteroatoms. The van der Waals surface area contributed by atoms with Crippen LogP contribution in [0.1, 0.15) is 66.2 Å². The van der Waals surface area contributed by atoms with Crippen molar-refractivity contribution in [1.29, 1.82) is 0 Å². The summed E-state index contributed by atoms with van der Waals surface area (Å²) in [7, 11) is -6.96. The molecule has 0 aromatic rings. The Morgan fingerprint density at radius 1 is 0.609 bits per heavy atom. The zero-order valence-electron chi connectivity index (χ0n) is 15.1. The van der Waals surface area contributed by atoms with Gasteiger partial charge in [-0.15, -0.1) is 0 Å². The first-order valence-electron chi connectivity index (χ1n) is 8.71. The first-order valence-corrected chi connectivity index (χ1v) is 12.2. The molecular formula is C15H34O6P2. The molecule has 0 bridgehead atoms. The fourth-order valence-electron chi connectivity index (χ4n) is 1.95. The van der Waals surface area contributed by atoms with E-state index < -0.39 is 15.2 Å². The molecule has 0 unspecified atom stereocenters. The second kappa shape index (κ2) is 13.6. The second-order valence-corrected chi connectivity index (χ2v) is 9.89. The normalized spacial score (nSPS) is 12.7. The quantitative estimate of drug-likeness (QED) is 0.251. The van der Waals surface area contributed by atoms with E-state index >= 15 is 0 Å². The molecular weight excluding hydrogens is 338 g/mol. The maximum absolute atomic E-state index is 12.9. The van der Waals surface area contributed by atoms with Crippen molar-refractivity contribution < 1.29 is 27.2 Å². The molecule has 0 saturated carbocycles. The van der Waals surface area contributed by atoms with Gasteiger partial charge in [0.15, 0.2) is 5.90 Å². The van der Waals surface area contributed by atoms with Gasteiger partial charge in [-0.25, -0.2) is 0 Å². The van der Waals surface area contributed by atoms with Crippen LogP contribution in [0.3, 0.4) is 0 Å². The van der Waals surface area contributed by atoms with Gasteiger partial charge in [-0.05, 0) is 26.7 Å². The van der Waals surface area contributed by atoms with E-state index in [-0.39, 0.29) is 19.1 Å². The van der Waals surface area contributed by atoms with Gasteiger partial charge in [0.25, 0.3) is 0 Å². The molecule has 0 heterocycles. The molecule has 0 aromatic heterocycles. The van der Waals surface area contributed by atoms with Gasteiger partial charge in [0.05, 0.1) is 26.4 Å². The molecule has 23 heavy (non-hydrogen) atoms. The molecule has 0 aromatic carbocycles. The molecule has 0 atom stereocenters. The Morgan fingerprint density at radius 3 is 1.35 bits per heavy atom. The minimum atomic E-state index is -3.49. The zero-order valence-corrected chi connectivity index (χ0v) is 16.9. The van der Waals surface area contributed by atoms with Crippen LogP contribution in [0.15, 0.2) is 0 Å². The Balaban J connectivity index is 4.78. The minimum Gasteiger partial charge on any atom is -0.308 e. The van der Waals surface area contributed by atoms with Crippen molar-refractivity contribution in [2.75, 3.05) is 32.3 Å². The highest BCUT2D eigenvalue weighted by atomic mass is 31.2. The topological polar surface area (TPSA) is 71.1 Å². The van der Waals surface area contributed by atoms with Gasteiger partial charge in [-0.2, -0.15) is 0 Å². The van der Waals surface area contributed by atoms with E-state index in [1.54, 1.807) is 13.8 Å². The highest BCUT2D eigenvalue weighted by Crippen LogP contribution is 2.64. The summed E-state index contributed by atoms with van der Waals surface area (Å²) < 4.78 is 47.0.